The maximum atomic E-state index is 14.3. The van der Waals surface area contributed by atoms with Crippen LogP contribution in [0.15, 0.2) is 18.2 Å². The SMILES string of the molecule is CCNC(=O)OC(C=O)c1ccc(N2CCOCC2)c(F)c1. The third kappa shape index (κ3) is 3.94. The predicted molar refractivity (Wildman–Crippen MR) is 78.4 cm³/mol. The lowest BCUT2D eigenvalue weighted by Crippen LogP contribution is -2.36. The van der Waals surface area contributed by atoms with Gasteiger partial charge in [-0.05, 0) is 19.1 Å². The number of anilines is 1. The van der Waals surface area contributed by atoms with Crippen LogP contribution >= 0.6 is 0 Å². The fraction of sp³-hybridized carbons (Fsp3) is 0.467. The molecule has 0 bridgehead atoms. The first-order valence-electron chi connectivity index (χ1n) is 7.17. The van der Waals surface area contributed by atoms with Crippen molar-refractivity contribution in [2.24, 2.45) is 0 Å². The molecular weight excluding hydrogens is 291 g/mol. The molecule has 1 unspecified atom stereocenters. The Kier molecular flexibility index (Phi) is 5.71. The Balaban J connectivity index is 2.12. The van der Waals surface area contributed by atoms with E-state index in [9.17, 15) is 14.0 Å². The predicted octanol–water partition coefficient (Wildman–Crippen LogP) is 1.65. The third-order valence-electron chi connectivity index (χ3n) is 3.33. The Morgan fingerprint density at radius 3 is 2.82 bits per heavy atom. The van der Waals surface area contributed by atoms with Crippen molar-refractivity contribution >= 4 is 18.1 Å². The van der Waals surface area contributed by atoms with Gasteiger partial charge in [-0.1, -0.05) is 6.07 Å². The van der Waals surface area contributed by atoms with E-state index in [4.69, 9.17) is 9.47 Å². The first-order valence-corrected chi connectivity index (χ1v) is 7.17. The summed E-state index contributed by atoms with van der Waals surface area (Å²) in [7, 11) is 0. The lowest BCUT2D eigenvalue weighted by Gasteiger charge is -2.29. The second-order valence-electron chi connectivity index (χ2n) is 4.80. The van der Waals surface area contributed by atoms with Crippen LogP contribution < -0.4 is 10.2 Å². The Hall–Kier alpha value is -2.15. The minimum Gasteiger partial charge on any atom is -0.434 e. The molecule has 0 radical (unpaired) electrons. The van der Waals surface area contributed by atoms with E-state index in [-0.39, 0.29) is 0 Å². The molecule has 1 amide bonds. The van der Waals surface area contributed by atoms with Gasteiger partial charge in [-0.25, -0.2) is 9.18 Å². The van der Waals surface area contributed by atoms with E-state index in [1.807, 2.05) is 4.90 Å². The summed E-state index contributed by atoms with van der Waals surface area (Å²) in [6.07, 6.45) is -1.37. The Morgan fingerprint density at radius 2 is 2.23 bits per heavy atom. The van der Waals surface area contributed by atoms with Crippen molar-refractivity contribution in [1.29, 1.82) is 0 Å². The van der Waals surface area contributed by atoms with Gasteiger partial charge in [0, 0.05) is 25.2 Å². The number of carbonyl (C=O) groups excluding carboxylic acids is 2. The molecule has 7 heteroatoms. The normalized spacial score (nSPS) is 16.0. The van der Waals surface area contributed by atoms with Crippen molar-refractivity contribution < 1.29 is 23.5 Å². The summed E-state index contributed by atoms with van der Waals surface area (Å²) in [6.45, 7) is 4.45. The molecule has 1 aliphatic rings. The van der Waals surface area contributed by atoms with Crippen molar-refractivity contribution in [1.82, 2.24) is 5.32 Å². The zero-order valence-corrected chi connectivity index (χ0v) is 12.4. The van der Waals surface area contributed by atoms with Crippen LogP contribution in [0.25, 0.3) is 0 Å². The monoisotopic (exact) mass is 310 g/mol. The van der Waals surface area contributed by atoms with E-state index in [0.717, 1.165) is 0 Å². The molecule has 120 valence electrons. The topological polar surface area (TPSA) is 67.9 Å². The van der Waals surface area contributed by atoms with E-state index < -0.39 is 18.0 Å². The first kappa shape index (κ1) is 16.2. The fourth-order valence-electron chi connectivity index (χ4n) is 2.24. The molecule has 22 heavy (non-hydrogen) atoms. The van der Waals surface area contributed by atoms with Crippen LogP contribution in [0.2, 0.25) is 0 Å². The second-order valence-corrected chi connectivity index (χ2v) is 4.80. The summed E-state index contributed by atoms with van der Waals surface area (Å²) >= 11 is 0. The quantitative estimate of drug-likeness (QED) is 0.838. The van der Waals surface area contributed by atoms with Crippen molar-refractivity contribution in [3.63, 3.8) is 0 Å². The zero-order chi connectivity index (χ0) is 15.9. The average molecular weight is 310 g/mol. The highest BCUT2D eigenvalue weighted by molar-refractivity contribution is 5.72. The van der Waals surface area contributed by atoms with Gasteiger partial charge in [-0.15, -0.1) is 0 Å². The molecule has 1 fully saturated rings. The van der Waals surface area contributed by atoms with Gasteiger partial charge in [0.1, 0.15) is 5.82 Å². The molecule has 2 rings (SSSR count). The molecule has 6 nitrogen and oxygen atoms in total. The van der Waals surface area contributed by atoms with Gasteiger partial charge >= 0.3 is 6.09 Å². The molecule has 0 aromatic heterocycles. The number of hydrogen-bond acceptors (Lipinski definition) is 5. The molecule has 0 aliphatic carbocycles. The average Bonchev–Trinajstić information content (AvgIpc) is 2.53. The lowest BCUT2D eigenvalue weighted by molar-refractivity contribution is -0.115. The van der Waals surface area contributed by atoms with Gasteiger partial charge < -0.3 is 19.7 Å². The summed E-state index contributed by atoms with van der Waals surface area (Å²) in [5.74, 6) is -0.453. The summed E-state index contributed by atoms with van der Waals surface area (Å²) in [5.41, 5.74) is 0.755. The highest BCUT2D eigenvalue weighted by atomic mass is 19.1. The van der Waals surface area contributed by atoms with Crippen molar-refractivity contribution in [3.05, 3.63) is 29.6 Å². The zero-order valence-electron chi connectivity index (χ0n) is 12.4. The molecule has 1 aliphatic heterocycles. The number of nitrogens with zero attached hydrogens (tertiary/aromatic N) is 1. The van der Waals surface area contributed by atoms with Crippen molar-refractivity contribution in [2.45, 2.75) is 13.0 Å². The highest BCUT2D eigenvalue weighted by Gasteiger charge is 2.20. The third-order valence-corrected chi connectivity index (χ3v) is 3.33. The number of nitrogens with one attached hydrogen (secondary N) is 1. The number of amides is 1. The number of carbonyl (C=O) groups is 2. The van der Waals surface area contributed by atoms with Crippen LogP contribution in [-0.4, -0.2) is 45.2 Å². The molecule has 0 spiro atoms. The van der Waals surface area contributed by atoms with Crippen molar-refractivity contribution in [2.75, 3.05) is 37.7 Å². The van der Waals surface area contributed by atoms with E-state index in [1.165, 1.54) is 6.07 Å². The van der Waals surface area contributed by atoms with Crippen LogP contribution in [0.1, 0.15) is 18.6 Å². The molecule has 1 aromatic carbocycles. The minimum atomic E-state index is -1.13. The maximum absolute atomic E-state index is 14.3. The highest BCUT2D eigenvalue weighted by Crippen LogP contribution is 2.25. The number of alkyl carbamates (subject to hydrolysis) is 1. The number of aldehydes is 1. The van der Waals surface area contributed by atoms with Crippen LogP contribution in [0.3, 0.4) is 0 Å². The number of halogens is 1. The number of rotatable bonds is 5. The number of hydrogen-bond donors (Lipinski definition) is 1. The van der Waals surface area contributed by atoms with Gasteiger partial charge in [0.2, 0.25) is 0 Å². The van der Waals surface area contributed by atoms with E-state index >= 15 is 0 Å². The first-order chi connectivity index (χ1) is 10.7. The Bertz CT molecular complexity index is 532. The molecule has 1 saturated heterocycles. The number of morpholine rings is 1. The van der Waals surface area contributed by atoms with Crippen molar-refractivity contribution in [3.8, 4) is 0 Å². The van der Waals surface area contributed by atoms with Gasteiger partial charge in [0.15, 0.2) is 12.4 Å². The largest absolute Gasteiger partial charge is 0.434 e. The van der Waals surface area contributed by atoms with Gasteiger partial charge in [-0.3, -0.25) is 4.79 Å². The summed E-state index contributed by atoms with van der Waals surface area (Å²) < 4.78 is 24.4. The second kappa shape index (κ2) is 7.74. The van der Waals surface area contributed by atoms with E-state index in [2.05, 4.69) is 5.32 Å². The van der Waals surface area contributed by atoms with Crippen LogP contribution in [-0.2, 0) is 14.3 Å². The standard InChI is InChI=1S/C15H19FN2O4/c1-2-17-15(20)22-14(10-19)11-3-4-13(12(16)9-11)18-5-7-21-8-6-18/h3-4,9-10,14H,2,5-8H2,1H3,(H,17,20). The lowest BCUT2D eigenvalue weighted by atomic mass is 10.1. The Morgan fingerprint density at radius 1 is 1.50 bits per heavy atom. The minimum absolute atomic E-state index is 0.302. The molecule has 1 atom stereocenters. The fourth-order valence-corrected chi connectivity index (χ4v) is 2.24. The summed E-state index contributed by atoms with van der Waals surface area (Å²) in [4.78, 5) is 24.3. The van der Waals surface area contributed by atoms with Gasteiger partial charge in [0.25, 0.3) is 0 Å². The molecule has 0 saturated carbocycles. The number of benzene rings is 1. The molecule has 1 aromatic rings. The maximum Gasteiger partial charge on any atom is 0.408 e. The summed E-state index contributed by atoms with van der Waals surface area (Å²) in [5, 5.41) is 2.42. The van der Waals surface area contributed by atoms with Gasteiger partial charge in [0.05, 0.1) is 18.9 Å². The Labute approximate surface area is 128 Å². The molecular formula is C15H19FN2O4. The molecule has 1 heterocycles. The number of ether oxygens (including phenoxy) is 2. The van der Waals surface area contributed by atoms with Crippen LogP contribution in [0, 0.1) is 5.82 Å². The smallest absolute Gasteiger partial charge is 0.408 e. The van der Waals surface area contributed by atoms with Crippen LogP contribution in [0.4, 0.5) is 14.9 Å². The molecule has 1 N–H and O–H groups in total. The van der Waals surface area contributed by atoms with E-state index in [1.54, 1.807) is 19.1 Å². The van der Waals surface area contributed by atoms with Gasteiger partial charge in [-0.2, -0.15) is 0 Å². The summed E-state index contributed by atoms with van der Waals surface area (Å²) in [6, 6.07) is 4.41. The van der Waals surface area contributed by atoms with E-state index in [0.29, 0.717) is 50.4 Å². The van der Waals surface area contributed by atoms with Crippen LogP contribution in [0.5, 0.6) is 0 Å².